The van der Waals surface area contributed by atoms with Gasteiger partial charge in [0.05, 0.1) is 16.9 Å². The number of carbonyl (C=O) groups is 2. The molecule has 8 heteroatoms. The lowest BCUT2D eigenvalue weighted by atomic mass is 10.0. The van der Waals surface area contributed by atoms with Gasteiger partial charge in [-0.15, -0.1) is 0 Å². The zero-order valence-electron chi connectivity index (χ0n) is 20.0. The summed E-state index contributed by atoms with van der Waals surface area (Å²) in [6.07, 6.45) is 0. The molecule has 0 unspecified atom stereocenters. The van der Waals surface area contributed by atoms with Crippen molar-refractivity contribution in [1.82, 2.24) is 0 Å². The van der Waals surface area contributed by atoms with E-state index < -0.39 is 5.97 Å². The van der Waals surface area contributed by atoms with Gasteiger partial charge in [0.15, 0.2) is 5.71 Å². The molecular weight excluding hydrogens is 534 g/mol. The van der Waals surface area contributed by atoms with E-state index >= 15 is 0 Å². The summed E-state index contributed by atoms with van der Waals surface area (Å²) in [4.78, 5) is 26.6. The molecule has 5 rings (SSSR count). The summed E-state index contributed by atoms with van der Waals surface area (Å²) in [6.45, 7) is 4.02. The number of nitrogens with zero attached hydrogens (tertiary/aromatic N) is 2. The number of carboxylic acids is 1. The van der Waals surface area contributed by atoms with Gasteiger partial charge in [-0.05, 0) is 79.1 Å². The zero-order chi connectivity index (χ0) is 26.3. The molecule has 37 heavy (non-hydrogen) atoms. The van der Waals surface area contributed by atoms with Gasteiger partial charge in [0, 0.05) is 21.3 Å². The zero-order valence-corrected chi connectivity index (χ0v) is 21.6. The largest absolute Gasteiger partial charge is 0.505 e. The number of benzene rings is 4. The van der Waals surface area contributed by atoms with E-state index in [0.29, 0.717) is 22.4 Å². The third-order valence-electron chi connectivity index (χ3n) is 6.35. The van der Waals surface area contributed by atoms with Crippen LogP contribution in [-0.4, -0.2) is 27.8 Å². The van der Waals surface area contributed by atoms with Crippen LogP contribution in [0.25, 0.3) is 11.1 Å². The molecule has 0 aromatic heterocycles. The van der Waals surface area contributed by atoms with Crippen molar-refractivity contribution in [2.75, 3.05) is 10.3 Å². The van der Waals surface area contributed by atoms with Crippen LogP contribution < -0.4 is 10.3 Å². The van der Waals surface area contributed by atoms with Crippen molar-refractivity contribution in [3.05, 3.63) is 106 Å². The Labute approximate surface area is 221 Å². The van der Waals surface area contributed by atoms with Crippen molar-refractivity contribution >= 4 is 50.6 Å². The normalized spacial score (nSPS) is 13.6. The van der Waals surface area contributed by atoms with Gasteiger partial charge in [-0.3, -0.25) is 15.1 Å². The number of anilines is 3. The molecule has 7 nitrogen and oxygen atoms in total. The summed E-state index contributed by atoms with van der Waals surface area (Å²) < 4.78 is 0.830. The third-order valence-corrected chi connectivity index (χ3v) is 6.85. The van der Waals surface area contributed by atoms with Crippen molar-refractivity contribution in [1.29, 1.82) is 0 Å². The number of aromatic carboxylic acids is 1. The minimum Gasteiger partial charge on any atom is -0.505 e. The van der Waals surface area contributed by atoms with Gasteiger partial charge in [0.1, 0.15) is 5.75 Å². The summed E-state index contributed by atoms with van der Waals surface area (Å²) in [7, 11) is 0. The lowest BCUT2D eigenvalue weighted by Gasteiger charge is -2.18. The Morgan fingerprint density at radius 1 is 0.919 bits per heavy atom. The maximum absolute atomic E-state index is 13.6. The molecule has 1 aliphatic rings. The number of nitrogens with one attached hydrogen (secondary N) is 1. The average Bonchev–Trinajstić information content (AvgIpc) is 3.15. The van der Waals surface area contributed by atoms with E-state index in [0.717, 1.165) is 21.3 Å². The highest BCUT2D eigenvalue weighted by Crippen LogP contribution is 2.39. The molecule has 0 bridgehead atoms. The van der Waals surface area contributed by atoms with E-state index in [1.54, 1.807) is 35.2 Å². The number of hydrazone groups is 1. The Morgan fingerprint density at radius 3 is 2.46 bits per heavy atom. The smallest absolute Gasteiger partial charge is 0.335 e. The molecule has 0 saturated heterocycles. The van der Waals surface area contributed by atoms with Gasteiger partial charge in [-0.25, -0.2) is 4.79 Å². The molecule has 1 heterocycles. The SMILES string of the molecule is Cc1ccc(N2C(=O)C(=NNc3cccc(-c4cccc(C(=O)O)c4)c3O)c3ccc(Br)cc32)cc1C. The van der Waals surface area contributed by atoms with Crippen LogP contribution in [0.1, 0.15) is 27.0 Å². The van der Waals surface area contributed by atoms with Gasteiger partial charge in [0.2, 0.25) is 0 Å². The van der Waals surface area contributed by atoms with Crippen molar-refractivity contribution in [3.8, 4) is 16.9 Å². The van der Waals surface area contributed by atoms with Gasteiger partial charge < -0.3 is 10.2 Å². The molecule has 184 valence electrons. The molecule has 3 N–H and O–H groups in total. The number of carbonyl (C=O) groups excluding carboxylic acids is 1. The van der Waals surface area contributed by atoms with E-state index in [9.17, 15) is 19.8 Å². The van der Waals surface area contributed by atoms with Crippen LogP contribution in [0.5, 0.6) is 5.75 Å². The highest BCUT2D eigenvalue weighted by molar-refractivity contribution is 9.10. The predicted molar refractivity (Wildman–Crippen MR) is 148 cm³/mol. The number of hydrogen-bond donors (Lipinski definition) is 3. The van der Waals surface area contributed by atoms with Crippen LogP contribution >= 0.6 is 15.9 Å². The van der Waals surface area contributed by atoms with Crippen LogP contribution in [0, 0.1) is 13.8 Å². The molecule has 4 aromatic rings. The summed E-state index contributed by atoms with van der Waals surface area (Å²) in [5.74, 6) is -1.46. The summed E-state index contributed by atoms with van der Waals surface area (Å²) >= 11 is 3.50. The van der Waals surface area contributed by atoms with Crippen LogP contribution in [0.15, 0.2) is 88.4 Å². The van der Waals surface area contributed by atoms with Crippen LogP contribution in [0.3, 0.4) is 0 Å². The second-order valence-electron chi connectivity index (χ2n) is 8.73. The number of phenols is 1. The monoisotopic (exact) mass is 555 g/mol. The molecule has 4 aromatic carbocycles. The number of carboxylic acid groups (broad SMARTS) is 1. The van der Waals surface area contributed by atoms with Crippen molar-refractivity contribution in [3.63, 3.8) is 0 Å². The highest BCUT2D eigenvalue weighted by Gasteiger charge is 2.35. The number of phenolic OH excluding ortho intramolecular Hbond substituents is 1. The first-order valence-electron chi connectivity index (χ1n) is 11.5. The molecule has 0 radical (unpaired) electrons. The van der Waals surface area contributed by atoms with Gasteiger partial charge in [-0.2, -0.15) is 5.10 Å². The standard InChI is InChI=1S/C29H22BrN3O4/c1-16-9-11-21(13-17(16)2)33-25-15-20(30)10-12-23(25)26(28(33)35)32-31-24-8-4-7-22(27(24)34)18-5-3-6-19(14-18)29(36)37/h3-15,31,34H,1-2H3,(H,36,37). The Kier molecular flexibility index (Phi) is 6.27. The quantitative estimate of drug-likeness (QED) is 0.189. The van der Waals surface area contributed by atoms with Gasteiger partial charge in [-0.1, -0.05) is 46.3 Å². The molecule has 1 aliphatic heterocycles. The summed E-state index contributed by atoms with van der Waals surface area (Å²) in [5.41, 5.74) is 8.71. The Bertz CT molecular complexity index is 1610. The number of aryl methyl sites for hydroxylation is 2. The fourth-order valence-electron chi connectivity index (χ4n) is 4.25. The molecule has 0 fully saturated rings. The average molecular weight is 556 g/mol. The Morgan fingerprint density at radius 2 is 1.70 bits per heavy atom. The number of aromatic hydroxyl groups is 1. The van der Waals surface area contributed by atoms with Gasteiger partial charge >= 0.3 is 5.97 Å². The number of halogens is 1. The number of para-hydroxylation sites is 1. The number of rotatable bonds is 5. The first-order valence-corrected chi connectivity index (χ1v) is 12.2. The van der Waals surface area contributed by atoms with E-state index in [-0.39, 0.29) is 28.6 Å². The second-order valence-corrected chi connectivity index (χ2v) is 9.65. The van der Waals surface area contributed by atoms with Crippen LogP contribution in [0.2, 0.25) is 0 Å². The lowest BCUT2D eigenvalue weighted by Crippen LogP contribution is -2.26. The topological polar surface area (TPSA) is 102 Å². The molecule has 0 spiro atoms. The van der Waals surface area contributed by atoms with E-state index in [4.69, 9.17) is 0 Å². The number of fused-ring (bicyclic) bond motifs is 1. The number of amides is 1. The Balaban J connectivity index is 1.53. The van der Waals surface area contributed by atoms with E-state index in [1.165, 1.54) is 12.1 Å². The fourth-order valence-corrected chi connectivity index (χ4v) is 4.60. The van der Waals surface area contributed by atoms with E-state index in [1.807, 2.05) is 50.2 Å². The second kappa shape index (κ2) is 9.55. The predicted octanol–water partition coefficient (Wildman–Crippen LogP) is 6.63. The van der Waals surface area contributed by atoms with Gasteiger partial charge in [0.25, 0.3) is 5.91 Å². The van der Waals surface area contributed by atoms with Crippen molar-refractivity contribution < 1.29 is 19.8 Å². The number of hydrogen-bond acceptors (Lipinski definition) is 5. The fraction of sp³-hybridized carbons (Fsp3) is 0.0690. The minimum atomic E-state index is -1.06. The molecule has 1 amide bonds. The van der Waals surface area contributed by atoms with Crippen molar-refractivity contribution in [2.45, 2.75) is 13.8 Å². The highest BCUT2D eigenvalue weighted by atomic mass is 79.9. The van der Waals surface area contributed by atoms with Crippen molar-refractivity contribution in [2.24, 2.45) is 5.10 Å². The van der Waals surface area contributed by atoms with Crippen LogP contribution in [-0.2, 0) is 4.79 Å². The first kappa shape index (κ1) is 24.3. The third kappa shape index (κ3) is 4.47. The molecule has 0 atom stereocenters. The molecular formula is C29H22BrN3O4. The summed E-state index contributed by atoms with van der Waals surface area (Å²) in [6, 6.07) is 22.7. The summed E-state index contributed by atoms with van der Waals surface area (Å²) in [5, 5.41) is 24.7. The lowest BCUT2D eigenvalue weighted by molar-refractivity contribution is -0.111. The Hall–Kier alpha value is -4.43. The van der Waals surface area contributed by atoms with E-state index in [2.05, 4.69) is 26.5 Å². The molecule has 0 aliphatic carbocycles. The van der Waals surface area contributed by atoms with Crippen LogP contribution in [0.4, 0.5) is 17.1 Å². The maximum Gasteiger partial charge on any atom is 0.335 e. The molecule has 0 saturated carbocycles. The first-order chi connectivity index (χ1) is 17.7. The minimum absolute atomic E-state index is 0.109. The maximum atomic E-state index is 13.6.